The van der Waals surface area contributed by atoms with Crippen LogP contribution in [0.4, 0.5) is 0 Å². The van der Waals surface area contributed by atoms with Gasteiger partial charge in [-0.25, -0.2) is 4.68 Å². The zero-order valence-electron chi connectivity index (χ0n) is 21.4. The molecule has 0 aliphatic carbocycles. The smallest absolute Gasteiger partial charge is 0.227 e. The number of aliphatic hydroxyl groups is 1. The van der Waals surface area contributed by atoms with Gasteiger partial charge in [0.1, 0.15) is 11.5 Å². The number of unbranched alkanes of at least 4 members (excludes halogenated alkanes) is 1. The van der Waals surface area contributed by atoms with Gasteiger partial charge in [-0.3, -0.25) is 4.90 Å². The first-order valence-corrected chi connectivity index (χ1v) is 12.5. The minimum absolute atomic E-state index is 0.345. The quantitative estimate of drug-likeness (QED) is 0.294. The van der Waals surface area contributed by atoms with Crippen molar-refractivity contribution in [3.8, 4) is 23.1 Å². The fraction of sp³-hybridized carbons (Fsp3) is 0.464. The van der Waals surface area contributed by atoms with Crippen molar-refractivity contribution in [2.75, 3.05) is 33.4 Å². The molecule has 3 aromatic rings. The lowest BCUT2D eigenvalue weighted by Crippen LogP contribution is -2.35. The van der Waals surface area contributed by atoms with E-state index in [9.17, 15) is 5.11 Å². The van der Waals surface area contributed by atoms with Crippen LogP contribution in [0.5, 0.6) is 17.4 Å². The number of methoxy groups -OCH3 is 1. The molecule has 0 spiro atoms. The van der Waals surface area contributed by atoms with Gasteiger partial charge in [0, 0.05) is 19.7 Å². The van der Waals surface area contributed by atoms with Crippen molar-refractivity contribution in [2.45, 2.75) is 52.7 Å². The second-order valence-electron chi connectivity index (χ2n) is 8.71. The van der Waals surface area contributed by atoms with Crippen molar-refractivity contribution in [1.29, 1.82) is 0 Å². The van der Waals surface area contributed by atoms with Gasteiger partial charge in [-0.15, -0.1) is 0 Å². The van der Waals surface area contributed by atoms with Crippen LogP contribution in [0.1, 0.15) is 44.4 Å². The predicted octanol–water partition coefficient (Wildman–Crippen LogP) is 5.37. The van der Waals surface area contributed by atoms with Crippen molar-refractivity contribution in [1.82, 2.24) is 14.7 Å². The van der Waals surface area contributed by atoms with Crippen LogP contribution >= 0.6 is 0 Å². The van der Waals surface area contributed by atoms with E-state index in [0.29, 0.717) is 37.9 Å². The summed E-state index contributed by atoms with van der Waals surface area (Å²) < 4.78 is 19.2. The Balaban J connectivity index is 1.86. The second kappa shape index (κ2) is 13.9. The van der Waals surface area contributed by atoms with Gasteiger partial charge in [0.2, 0.25) is 5.88 Å². The number of para-hydroxylation sites is 1. The molecule has 0 aliphatic heterocycles. The standard InChI is InChI=1S/C28H39N3O4/c1-5-7-18-34-21-24(32)19-30(17-6-2)20-27-22(3)29-31(23-11-9-8-10-12-23)28(27)35-26-15-13-25(33-4)14-16-26/h8-16,24,32H,5-7,17-21H2,1-4H3/t24-/m1/s1. The number of aryl methyl sites for hydroxylation is 1. The van der Waals surface area contributed by atoms with Gasteiger partial charge in [0.05, 0.1) is 36.8 Å². The molecule has 1 heterocycles. The van der Waals surface area contributed by atoms with Crippen molar-refractivity contribution in [2.24, 2.45) is 0 Å². The first-order chi connectivity index (χ1) is 17.0. The molecule has 0 aliphatic rings. The minimum atomic E-state index is -0.547. The Labute approximate surface area is 209 Å². The number of aliphatic hydroxyl groups excluding tert-OH is 1. The topological polar surface area (TPSA) is 69.0 Å². The average molecular weight is 482 g/mol. The molecule has 190 valence electrons. The van der Waals surface area contributed by atoms with E-state index in [1.165, 1.54) is 0 Å². The molecule has 1 aromatic heterocycles. The number of hydrogen-bond acceptors (Lipinski definition) is 6. The van der Waals surface area contributed by atoms with E-state index in [1.807, 2.05) is 66.2 Å². The number of rotatable bonds is 15. The lowest BCUT2D eigenvalue weighted by Gasteiger charge is -2.25. The fourth-order valence-electron chi connectivity index (χ4n) is 3.92. The van der Waals surface area contributed by atoms with Crippen LogP contribution in [-0.2, 0) is 11.3 Å². The van der Waals surface area contributed by atoms with Gasteiger partial charge in [-0.1, -0.05) is 38.5 Å². The van der Waals surface area contributed by atoms with Gasteiger partial charge in [-0.2, -0.15) is 5.10 Å². The summed E-state index contributed by atoms with van der Waals surface area (Å²) in [5, 5.41) is 15.4. The molecule has 7 heteroatoms. The molecule has 0 unspecified atom stereocenters. The minimum Gasteiger partial charge on any atom is -0.497 e. The number of nitrogens with zero attached hydrogens (tertiary/aromatic N) is 3. The van der Waals surface area contributed by atoms with Crippen LogP contribution in [-0.4, -0.2) is 59.3 Å². The molecule has 7 nitrogen and oxygen atoms in total. The summed E-state index contributed by atoms with van der Waals surface area (Å²) >= 11 is 0. The van der Waals surface area contributed by atoms with Gasteiger partial charge in [0.15, 0.2) is 0 Å². The fourth-order valence-corrected chi connectivity index (χ4v) is 3.92. The first-order valence-electron chi connectivity index (χ1n) is 12.5. The molecule has 1 atom stereocenters. The SMILES string of the molecule is CCCCOC[C@H](O)CN(CCC)Cc1c(C)nn(-c2ccccc2)c1Oc1ccc(OC)cc1. The van der Waals surface area contributed by atoms with E-state index < -0.39 is 6.10 Å². The Hall–Kier alpha value is -2.87. The Morgan fingerprint density at radius 2 is 1.71 bits per heavy atom. The summed E-state index contributed by atoms with van der Waals surface area (Å²) in [5.74, 6) is 2.15. The van der Waals surface area contributed by atoms with E-state index in [1.54, 1.807) is 7.11 Å². The molecule has 0 radical (unpaired) electrons. The summed E-state index contributed by atoms with van der Waals surface area (Å²) in [6.07, 6.45) is 2.52. The molecule has 2 aromatic carbocycles. The number of benzene rings is 2. The van der Waals surface area contributed by atoms with E-state index >= 15 is 0 Å². The van der Waals surface area contributed by atoms with Crippen molar-refractivity contribution >= 4 is 0 Å². The lowest BCUT2D eigenvalue weighted by molar-refractivity contribution is 0.0143. The van der Waals surface area contributed by atoms with E-state index in [0.717, 1.165) is 48.5 Å². The Bertz CT molecular complexity index is 1010. The third kappa shape index (κ3) is 7.82. The molecule has 1 N–H and O–H groups in total. The van der Waals surface area contributed by atoms with Crippen LogP contribution in [0.2, 0.25) is 0 Å². The maximum absolute atomic E-state index is 10.6. The zero-order valence-corrected chi connectivity index (χ0v) is 21.4. The molecule has 35 heavy (non-hydrogen) atoms. The number of ether oxygens (including phenoxy) is 3. The number of aromatic nitrogens is 2. The van der Waals surface area contributed by atoms with Crippen molar-refractivity contribution < 1.29 is 19.3 Å². The molecule has 0 amide bonds. The summed E-state index contributed by atoms with van der Waals surface area (Å²) in [6, 6.07) is 17.5. The summed E-state index contributed by atoms with van der Waals surface area (Å²) in [5.41, 5.74) is 2.82. The highest BCUT2D eigenvalue weighted by Gasteiger charge is 2.22. The van der Waals surface area contributed by atoms with Gasteiger partial charge < -0.3 is 19.3 Å². The highest BCUT2D eigenvalue weighted by Crippen LogP contribution is 2.32. The summed E-state index contributed by atoms with van der Waals surface area (Å²) in [4.78, 5) is 2.24. The predicted molar refractivity (Wildman–Crippen MR) is 139 cm³/mol. The van der Waals surface area contributed by atoms with Crippen molar-refractivity contribution in [3.63, 3.8) is 0 Å². The Kier molecular flexibility index (Phi) is 10.6. The van der Waals surface area contributed by atoms with Gasteiger partial charge in [0.25, 0.3) is 0 Å². The molecule has 0 fully saturated rings. The maximum Gasteiger partial charge on any atom is 0.227 e. The average Bonchev–Trinajstić information content (AvgIpc) is 3.17. The van der Waals surface area contributed by atoms with Gasteiger partial charge >= 0.3 is 0 Å². The lowest BCUT2D eigenvalue weighted by atomic mass is 10.2. The first kappa shape index (κ1) is 26.7. The largest absolute Gasteiger partial charge is 0.497 e. The molecule has 0 bridgehead atoms. The van der Waals surface area contributed by atoms with Gasteiger partial charge in [-0.05, 0) is 62.7 Å². The van der Waals surface area contributed by atoms with Crippen LogP contribution in [0, 0.1) is 6.92 Å². The van der Waals surface area contributed by atoms with E-state index in [4.69, 9.17) is 19.3 Å². The summed E-state index contributed by atoms with van der Waals surface area (Å²) in [7, 11) is 1.65. The van der Waals surface area contributed by atoms with E-state index in [2.05, 4.69) is 18.7 Å². The molecule has 3 rings (SSSR count). The molecular formula is C28H39N3O4. The monoisotopic (exact) mass is 481 g/mol. The third-order valence-electron chi connectivity index (χ3n) is 5.75. The van der Waals surface area contributed by atoms with Crippen molar-refractivity contribution in [3.05, 3.63) is 65.9 Å². The zero-order chi connectivity index (χ0) is 25.0. The van der Waals surface area contributed by atoms with Crippen LogP contribution in [0.25, 0.3) is 5.69 Å². The second-order valence-corrected chi connectivity index (χ2v) is 8.71. The third-order valence-corrected chi connectivity index (χ3v) is 5.75. The molecule has 0 saturated carbocycles. The molecule has 0 saturated heterocycles. The summed E-state index contributed by atoms with van der Waals surface area (Å²) in [6.45, 7) is 9.30. The highest BCUT2D eigenvalue weighted by molar-refractivity contribution is 5.44. The Morgan fingerprint density at radius 1 is 1.00 bits per heavy atom. The highest BCUT2D eigenvalue weighted by atomic mass is 16.5. The van der Waals surface area contributed by atoms with E-state index in [-0.39, 0.29) is 0 Å². The normalized spacial score (nSPS) is 12.2. The van der Waals surface area contributed by atoms with Crippen LogP contribution in [0.3, 0.4) is 0 Å². The van der Waals surface area contributed by atoms with Crippen LogP contribution in [0.15, 0.2) is 54.6 Å². The number of hydrogen-bond donors (Lipinski definition) is 1. The Morgan fingerprint density at radius 3 is 2.37 bits per heavy atom. The van der Waals surface area contributed by atoms with Crippen LogP contribution < -0.4 is 9.47 Å². The maximum atomic E-state index is 10.6. The molecular weight excluding hydrogens is 442 g/mol.